The van der Waals surface area contributed by atoms with Gasteiger partial charge in [-0.1, -0.05) is 17.7 Å². The second-order valence-corrected chi connectivity index (χ2v) is 5.27. The van der Waals surface area contributed by atoms with Crippen molar-refractivity contribution in [2.45, 2.75) is 10.9 Å². The number of hydrogen-bond donors (Lipinski definition) is 1. The van der Waals surface area contributed by atoms with E-state index in [0.717, 1.165) is 21.4 Å². The fraction of sp³-hybridized carbons (Fsp3) is 0.231. The highest BCUT2D eigenvalue weighted by atomic mass is 35.5. The molecule has 0 aliphatic heterocycles. The van der Waals surface area contributed by atoms with E-state index in [1.165, 1.54) is 0 Å². The molecular weight excluding hydrogens is 266 g/mol. The van der Waals surface area contributed by atoms with E-state index in [1.807, 2.05) is 25.2 Å². The van der Waals surface area contributed by atoms with Crippen molar-refractivity contribution in [3.8, 4) is 0 Å². The molecule has 1 N–H and O–H groups in total. The molecular formula is C13H14ClN3S. The highest BCUT2D eigenvalue weighted by Gasteiger charge is 2.11. The molecule has 94 valence electrons. The summed E-state index contributed by atoms with van der Waals surface area (Å²) in [7, 11) is 1.93. The molecule has 1 atom stereocenters. The van der Waals surface area contributed by atoms with Crippen molar-refractivity contribution in [3.63, 3.8) is 0 Å². The van der Waals surface area contributed by atoms with Gasteiger partial charge in [-0.2, -0.15) is 0 Å². The predicted octanol–water partition coefficient (Wildman–Crippen LogP) is 3.18. The summed E-state index contributed by atoms with van der Waals surface area (Å²) in [6, 6.07) is 8.04. The Labute approximate surface area is 116 Å². The summed E-state index contributed by atoms with van der Waals surface area (Å²) < 4.78 is 0. The highest BCUT2D eigenvalue weighted by molar-refractivity contribution is 7.99. The number of nitrogens with zero attached hydrogens (tertiary/aromatic N) is 2. The first-order valence-electron chi connectivity index (χ1n) is 5.61. The van der Waals surface area contributed by atoms with Gasteiger partial charge in [0.15, 0.2) is 0 Å². The highest BCUT2D eigenvalue weighted by Crippen LogP contribution is 2.25. The molecule has 1 heterocycles. The van der Waals surface area contributed by atoms with Crippen molar-refractivity contribution in [1.82, 2.24) is 15.3 Å². The molecule has 5 heteroatoms. The van der Waals surface area contributed by atoms with Crippen molar-refractivity contribution in [2.75, 3.05) is 12.8 Å². The quantitative estimate of drug-likeness (QED) is 0.853. The van der Waals surface area contributed by atoms with Gasteiger partial charge < -0.3 is 5.32 Å². The van der Waals surface area contributed by atoms with Crippen LogP contribution in [0.1, 0.15) is 11.7 Å². The standard InChI is InChI=1S/C13H14ClN3S/c1-15-13(12-8-16-5-6-17-12)9-18-11-4-2-3-10(14)7-11/h2-8,13,15H,9H2,1H3. The molecule has 1 aromatic heterocycles. The van der Waals surface area contributed by atoms with Crippen LogP contribution in [0.15, 0.2) is 47.8 Å². The van der Waals surface area contributed by atoms with E-state index in [-0.39, 0.29) is 6.04 Å². The van der Waals surface area contributed by atoms with Crippen LogP contribution in [0, 0.1) is 0 Å². The van der Waals surface area contributed by atoms with Gasteiger partial charge in [0.2, 0.25) is 0 Å². The number of rotatable bonds is 5. The molecule has 0 bridgehead atoms. The second kappa shape index (κ2) is 6.73. The van der Waals surface area contributed by atoms with Gasteiger partial charge in [0, 0.05) is 34.3 Å². The van der Waals surface area contributed by atoms with E-state index in [2.05, 4.69) is 21.4 Å². The van der Waals surface area contributed by atoms with E-state index in [4.69, 9.17) is 11.6 Å². The van der Waals surface area contributed by atoms with Gasteiger partial charge in [-0.05, 0) is 25.2 Å². The van der Waals surface area contributed by atoms with E-state index in [1.54, 1.807) is 30.4 Å². The third kappa shape index (κ3) is 3.70. The van der Waals surface area contributed by atoms with Crippen LogP contribution in [-0.4, -0.2) is 22.8 Å². The summed E-state index contributed by atoms with van der Waals surface area (Å²) in [5.41, 5.74) is 0.953. The molecule has 0 radical (unpaired) electrons. The summed E-state index contributed by atoms with van der Waals surface area (Å²) in [6.45, 7) is 0. The number of hydrogen-bond acceptors (Lipinski definition) is 4. The fourth-order valence-corrected chi connectivity index (χ4v) is 2.88. The fourth-order valence-electron chi connectivity index (χ4n) is 1.54. The average Bonchev–Trinajstić information content (AvgIpc) is 2.41. The number of halogens is 1. The van der Waals surface area contributed by atoms with Crippen LogP contribution in [0.2, 0.25) is 5.02 Å². The van der Waals surface area contributed by atoms with Gasteiger partial charge in [0.05, 0.1) is 11.7 Å². The van der Waals surface area contributed by atoms with Crippen molar-refractivity contribution >= 4 is 23.4 Å². The minimum Gasteiger partial charge on any atom is -0.311 e. The Bertz CT molecular complexity index is 493. The van der Waals surface area contributed by atoms with Crippen molar-refractivity contribution in [1.29, 1.82) is 0 Å². The molecule has 0 amide bonds. The van der Waals surface area contributed by atoms with Crippen molar-refractivity contribution < 1.29 is 0 Å². The second-order valence-electron chi connectivity index (χ2n) is 3.74. The third-order valence-corrected chi connectivity index (χ3v) is 3.82. The Morgan fingerprint density at radius 2 is 2.28 bits per heavy atom. The third-order valence-electron chi connectivity index (χ3n) is 2.50. The van der Waals surface area contributed by atoms with Gasteiger partial charge >= 0.3 is 0 Å². The lowest BCUT2D eigenvalue weighted by Gasteiger charge is -2.14. The molecule has 18 heavy (non-hydrogen) atoms. The summed E-state index contributed by atoms with van der Waals surface area (Å²) >= 11 is 7.71. The van der Waals surface area contributed by atoms with Crippen LogP contribution in [0.25, 0.3) is 0 Å². The first kappa shape index (κ1) is 13.3. The van der Waals surface area contributed by atoms with Gasteiger partial charge in [-0.15, -0.1) is 11.8 Å². The zero-order valence-corrected chi connectivity index (χ0v) is 11.6. The summed E-state index contributed by atoms with van der Waals surface area (Å²) in [4.78, 5) is 9.56. The van der Waals surface area contributed by atoms with E-state index in [0.29, 0.717) is 0 Å². The molecule has 3 nitrogen and oxygen atoms in total. The monoisotopic (exact) mass is 279 g/mol. The maximum absolute atomic E-state index is 5.96. The Morgan fingerprint density at radius 1 is 1.39 bits per heavy atom. The Balaban J connectivity index is 2.00. The number of thioether (sulfide) groups is 1. The molecule has 1 aromatic carbocycles. The zero-order chi connectivity index (χ0) is 12.8. The van der Waals surface area contributed by atoms with Crippen LogP contribution in [0.3, 0.4) is 0 Å². The van der Waals surface area contributed by atoms with Crippen LogP contribution >= 0.6 is 23.4 Å². The molecule has 2 aromatic rings. The first-order valence-corrected chi connectivity index (χ1v) is 6.97. The van der Waals surface area contributed by atoms with Gasteiger partial charge in [0.25, 0.3) is 0 Å². The zero-order valence-electron chi connectivity index (χ0n) is 10.0. The summed E-state index contributed by atoms with van der Waals surface area (Å²) in [5.74, 6) is 0.884. The Morgan fingerprint density at radius 3 is 2.94 bits per heavy atom. The molecule has 0 spiro atoms. The van der Waals surface area contributed by atoms with E-state index < -0.39 is 0 Å². The lowest BCUT2D eigenvalue weighted by Crippen LogP contribution is -2.20. The first-order chi connectivity index (χ1) is 8.79. The van der Waals surface area contributed by atoms with Gasteiger partial charge in [-0.3, -0.25) is 9.97 Å². The Hall–Kier alpha value is -1.10. The molecule has 0 aliphatic rings. The van der Waals surface area contributed by atoms with Crippen molar-refractivity contribution in [2.24, 2.45) is 0 Å². The lowest BCUT2D eigenvalue weighted by molar-refractivity contribution is 0.638. The van der Waals surface area contributed by atoms with E-state index in [9.17, 15) is 0 Å². The normalized spacial score (nSPS) is 12.3. The molecule has 0 fully saturated rings. The number of nitrogens with one attached hydrogen (secondary N) is 1. The minimum absolute atomic E-state index is 0.183. The summed E-state index contributed by atoms with van der Waals surface area (Å²) in [6.07, 6.45) is 5.18. The number of benzene rings is 1. The molecule has 1 unspecified atom stereocenters. The van der Waals surface area contributed by atoms with Gasteiger partial charge in [-0.25, -0.2) is 0 Å². The SMILES string of the molecule is CNC(CSc1cccc(Cl)c1)c1cnccn1. The molecule has 0 saturated heterocycles. The lowest BCUT2D eigenvalue weighted by atomic mass is 10.2. The van der Waals surface area contributed by atoms with Crippen LogP contribution in [0.5, 0.6) is 0 Å². The Kier molecular flexibility index (Phi) is 4.99. The van der Waals surface area contributed by atoms with Gasteiger partial charge in [0.1, 0.15) is 0 Å². The maximum atomic E-state index is 5.96. The predicted molar refractivity (Wildman–Crippen MR) is 76.0 cm³/mol. The van der Waals surface area contributed by atoms with Crippen LogP contribution in [-0.2, 0) is 0 Å². The molecule has 2 rings (SSSR count). The maximum Gasteiger partial charge on any atom is 0.0764 e. The number of aromatic nitrogens is 2. The van der Waals surface area contributed by atoms with Crippen molar-refractivity contribution in [3.05, 3.63) is 53.6 Å². The van der Waals surface area contributed by atoms with Crippen LogP contribution in [0.4, 0.5) is 0 Å². The van der Waals surface area contributed by atoms with Crippen LogP contribution < -0.4 is 5.32 Å². The minimum atomic E-state index is 0.183. The molecule has 0 aliphatic carbocycles. The average molecular weight is 280 g/mol. The molecule has 0 saturated carbocycles. The summed E-state index contributed by atoms with van der Waals surface area (Å²) in [5, 5.41) is 4.01. The topological polar surface area (TPSA) is 37.8 Å². The van der Waals surface area contributed by atoms with E-state index >= 15 is 0 Å². The smallest absolute Gasteiger partial charge is 0.0764 e. The largest absolute Gasteiger partial charge is 0.311 e.